The third kappa shape index (κ3) is 3.63. The lowest BCUT2D eigenvalue weighted by atomic mass is 10.1. The van der Waals surface area contributed by atoms with E-state index in [2.05, 4.69) is 39.1 Å². The number of thiazole rings is 1. The highest BCUT2D eigenvalue weighted by molar-refractivity contribution is 7.11. The Morgan fingerprint density at radius 2 is 2.00 bits per heavy atom. The molecule has 1 aromatic heterocycles. The number of rotatable bonds is 6. The molecule has 2 aromatic rings. The fraction of sp³-hybridized carbons (Fsp3) is 0.471. The lowest BCUT2D eigenvalue weighted by Gasteiger charge is -2.21. The van der Waals surface area contributed by atoms with Gasteiger partial charge in [0.15, 0.2) is 0 Å². The first-order valence-corrected chi connectivity index (χ1v) is 8.23. The Morgan fingerprint density at radius 1 is 1.29 bits per heavy atom. The van der Waals surface area contributed by atoms with Crippen LogP contribution in [0.5, 0.6) is 5.75 Å². The number of hydrogen-bond donors (Lipinski definition) is 1. The molecule has 21 heavy (non-hydrogen) atoms. The molecule has 0 amide bonds. The predicted octanol–water partition coefficient (Wildman–Crippen LogP) is 4.11. The summed E-state index contributed by atoms with van der Waals surface area (Å²) in [7, 11) is 1.72. The molecule has 0 saturated heterocycles. The van der Waals surface area contributed by atoms with Gasteiger partial charge in [-0.05, 0) is 33.3 Å². The van der Waals surface area contributed by atoms with Crippen LogP contribution in [0.2, 0.25) is 0 Å². The monoisotopic (exact) mass is 304 g/mol. The smallest absolute Gasteiger partial charge is 0.124 e. The number of nitrogens with one attached hydrogen (secondary N) is 1. The van der Waals surface area contributed by atoms with Gasteiger partial charge in [0.1, 0.15) is 10.8 Å². The zero-order valence-corrected chi connectivity index (χ0v) is 14.3. The summed E-state index contributed by atoms with van der Waals surface area (Å²) in [6.45, 7) is 8.61. The molecule has 1 unspecified atom stereocenters. The van der Waals surface area contributed by atoms with Crippen molar-refractivity contribution in [3.63, 3.8) is 0 Å². The highest BCUT2D eigenvalue weighted by atomic mass is 32.1. The van der Waals surface area contributed by atoms with Crippen LogP contribution in [0.25, 0.3) is 0 Å². The molecule has 0 radical (unpaired) electrons. The first kappa shape index (κ1) is 16.0. The van der Waals surface area contributed by atoms with E-state index in [4.69, 9.17) is 9.72 Å². The number of aryl methyl sites for hydroxylation is 2. The maximum absolute atomic E-state index is 5.53. The second kappa shape index (κ2) is 7.05. The molecule has 1 heterocycles. The highest BCUT2D eigenvalue weighted by Crippen LogP contribution is 2.33. The molecule has 0 aliphatic rings. The molecule has 1 atom stereocenters. The maximum atomic E-state index is 5.53. The Kier molecular flexibility index (Phi) is 5.37. The quantitative estimate of drug-likeness (QED) is 0.872. The van der Waals surface area contributed by atoms with Crippen molar-refractivity contribution in [1.29, 1.82) is 0 Å². The lowest BCUT2D eigenvalue weighted by Crippen LogP contribution is -2.29. The third-order valence-corrected chi connectivity index (χ3v) is 4.52. The van der Waals surface area contributed by atoms with Crippen LogP contribution in [0.3, 0.4) is 0 Å². The van der Waals surface area contributed by atoms with Crippen LogP contribution in [0, 0.1) is 6.92 Å². The second-order valence-corrected chi connectivity index (χ2v) is 6.64. The van der Waals surface area contributed by atoms with Gasteiger partial charge in [0, 0.05) is 16.5 Å². The van der Waals surface area contributed by atoms with Crippen LogP contribution in [0.4, 0.5) is 0 Å². The van der Waals surface area contributed by atoms with Gasteiger partial charge in [-0.15, -0.1) is 11.3 Å². The van der Waals surface area contributed by atoms with E-state index in [9.17, 15) is 0 Å². The summed E-state index contributed by atoms with van der Waals surface area (Å²) in [5.74, 6) is 0.904. The minimum absolute atomic E-state index is 0.0742. The van der Waals surface area contributed by atoms with Crippen molar-refractivity contribution < 1.29 is 4.74 Å². The van der Waals surface area contributed by atoms with Crippen molar-refractivity contribution >= 4 is 11.3 Å². The molecule has 0 fully saturated rings. The predicted molar refractivity (Wildman–Crippen MR) is 89.3 cm³/mol. The van der Waals surface area contributed by atoms with E-state index in [1.807, 2.05) is 18.2 Å². The van der Waals surface area contributed by atoms with Crippen LogP contribution in [0.15, 0.2) is 24.3 Å². The Morgan fingerprint density at radius 3 is 2.57 bits per heavy atom. The van der Waals surface area contributed by atoms with Crippen molar-refractivity contribution in [3.8, 4) is 5.75 Å². The molecule has 0 aliphatic carbocycles. The van der Waals surface area contributed by atoms with E-state index in [0.29, 0.717) is 6.04 Å². The summed E-state index contributed by atoms with van der Waals surface area (Å²) in [6.07, 6.45) is 0.975. The number of hydrogen-bond acceptors (Lipinski definition) is 4. The van der Waals surface area contributed by atoms with E-state index in [1.54, 1.807) is 18.4 Å². The van der Waals surface area contributed by atoms with Crippen molar-refractivity contribution in [2.24, 2.45) is 0 Å². The molecule has 0 aliphatic heterocycles. The van der Waals surface area contributed by atoms with Crippen LogP contribution in [-0.4, -0.2) is 18.1 Å². The first-order chi connectivity index (χ1) is 10.1. The summed E-state index contributed by atoms with van der Waals surface area (Å²) in [4.78, 5) is 6.14. The summed E-state index contributed by atoms with van der Waals surface area (Å²) < 4.78 is 5.53. The summed E-state index contributed by atoms with van der Waals surface area (Å²) >= 11 is 1.77. The van der Waals surface area contributed by atoms with Crippen LogP contribution in [0.1, 0.15) is 48.0 Å². The normalized spacial score (nSPS) is 12.7. The van der Waals surface area contributed by atoms with Gasteiger partial charge in [0.05, 0.1) is 18.8 Å². The van der Waals surface area contributed by atoms with E-state index in [0.717, 1.165) is 22.7 Å². The molecule has 114 valence electrons. The van der Waals surface area contributed by atoms with Gasteiger partial charge in [0.2, 0.25) is 0 Å². The average Bonchev–Trinajstić information content (AvgIpc) is 2.85. The number of ether oxygens (including phenoxy) is 1. The number of methoxy groups -OCH3 is 1. The minimum atomic E-state index is 0.0742. The van der Waals surface area contributed by atoms with Crippen LogP contribution >= 0.6 is 11.3 Å². The molecule has 1 N–H and O–H groups in total. The van der Waals surface area contributed by atoms with Crippen molar-refractivity contribution in [2.75, 3.05) is 7.11 Å². The number of aromatic nitrogens is 1. The van der Waals surface area contributed by atoms with E-state index < -0.39 is 0 Å². The van der Waals surface area contributed by atoms with Crippen molar-refractivity contribution in [3.05, 3.63) is 45.4 Å². The Labute approximate surface area is 131 Å². The summed E-state index contributed by atoms with van der Waals surface area (Å²) in [6, 6.07) is 8.61. The van der Waals surface area contributed by atoms with Crippen LogP contribution in [-0.2, 0) is 6.42 Å². The summed E-state index contributed by atoms with van der Waals surface area (Å²) in [5.41, 5.74) is 2.34. The molecule has 1 aromatic carbocycles. The molecule has 2 rings (SSSR count). The maximum Gasteiger partial charge on any atom is 0.124 e. The van der Waals surface area contributed by atoms with E-state index >= 15 is 0 Å². The van der Waals surface area contributed by atoms with Gasteiger partial charge in [-0.1, -0.05) is 25.1 Å². The molecule has 4 heteroatoms. The number of nitrogens with zero attached hydrogens (tertiary/aromatic N) is 1. The standard InChI is InChI=1S/C17H24N2OS/c1-6-14-12(4)21-17(19-14)16(18-11(2)3)13-9-7-8-10-15(13)20-5/h7-11,16,18H,6H2,1-5H3. The van der Waals surface area contributed by atoms with E-state index in [-0.39, 0.29) is 6.04 Å². The number of benzene rings is 1. The SMILES string of the molecule is CCc1nc(C(NC(C)C)c2ccccc2OC)sc1C. The van der Waals surface area contributed by atoms with E-state index in [1.165, 1.54) is 10.6 Å². The Bertz CT molecular complexity index is 592. The average molecular weight is 304 g/mol. The van der Waals surface area contributed by atoms with Crippen molar-refractivity contribution in [2.45, 2.75) is 46.2 Å². The largest absolute Gasteiger partial charge is 0.496 e. The van der Waals surface area contributed by atoms with Gasteiger partial charge in [0.25, 0.3) is 0 Å². The third-order valence-electron chi connectivity index (χ3n) is 3.44. The summed E-state index contributed by atoms with van der Waals surface area (Å²) in [5, 5.41) is 4.73. The molecule has 0 saturated carbocycles. The van der Waals surface area contributed by atoms with Gasteiger partial charge in [-0.2, -0.15) is 0 Å². The van der Waals surface area contributed by atoms with Gasteiger partial charge < -0.3 is 10.1 Å². The van der Waals surface area contributed by atoms with Gasteiger partial charge in [-0.25, -0.2) is 4.98 Å². The highest BCUT2D eigenvalue weighted by Gasteiger charge is 2.22. The molecule has 0 bridgehead atoms. The second-order valence-electron chi connectivity index (χ2n) is 5.40. The van der Waals surface area contributed by atoms with Gasteiger partial charge >= 0.3 is 0 Å². The molecular weight excluding hydrogens is 280 g/mol. The lowest BCUT2D eigenvalue weighted by molar-refractivity contribution is 0.401. The molecular formula is C17H24N2OS. The fourth-order valence-corrected chi connectivity index (χ4v) is 3.52. The Balaban J connectivity index is 2.46. The van der Waals surface area contributed by atoms with Crippen molar-refractivity contribution in [1.82, 2.24) is 10.3 Å². The topological polar surface area (TPSA) is 34.2 Å². The molecule has 3 nitrogen and oxygen atoms in total. The van der Waals surface area contributed by atoms with Gasteiger partial charge in [-0.3, -0.25) is 0 Å². The Hall–Kier alpha value is -1.39. The minimum Gasteiger partial charge on any atom is -0.496 e. The zero-order valence-electron chi connectivity index (χ0n) is 13.4. The molecule has 0 spiro atoms. The first-order valence-electron chi connectivity index (χ1n) is 7.42. The number of para-hydroxylation sites is 1. The van der Waals surface area contributed by atoms with Crippen LogP contribution < -0.4 is 10.1 Å². The fourth-order valence-electron chi connectivity index (χ4n) is 2.43. The zero-order chi connectivity index (χ0) is 15.4.